The zero-order chi connectivity index (χ0) is 75.9. The van der Waals surface area contributed by atoms with Gasteiger partial charge in [-0.15, -0.1) is 40.1 Å². The third kappa shape index (κ3) is 24.1. The van der Waals surface area contributed by atoms with E-state index in [0.717, 1.165) is 90.1 Å². The van der Waals surface area contributed by atoms with Crippen LogP contribution in [0.15, 0.2) is 182 Å². The number of nitrogens with two attached hydrogens (primary N) is 2. The maximum absolute atomic E-state index is 12.9. The van der Waals surface area contributed by atoms with Gasteiger partial charge in [0.05, 0.1) is 34.2 Å². The number of carbonyl (C=O) groups is 5. The first-order valence-corrected chi connectivity index (χ1v) is 33.9. The predicted octanol–water partition coefficient (Wildman–Crippen LogP) is 16.8. The molecular weight excluding hydrogens is 1400 g/mol. The van der Waals surface area contributed by atoms with E-state index in [4.69, 9.17) is 25.7 Å². The molecule has 12 rings (SSSR count). The molecule has 2 amide bonds. The number of aromatic nitrogens is 12. The van der Waals surface area contributed by atoms with Gasteiger partial charge in [-0.05, 0) is 121 Å². The Morgan fingerprint density at radius 1 is 0.346 bits per heavy atom. The van der Waals surface area contributed by atoms with Crippen LogP contribution < -0.4 is 32.7 Å². The Balaban J connectivity index is 0.000000216. The van der Waals surface area contributed by atoms with E-state index < -0.39 is 46.9 Å². The van der Waals surface area contributed by atoms with E-state index in [1.807, 2.05) is 120 Å². The number of aryl methyl sites for hydroxylation is 6. The Kier molecular flexibility index (Phi) is 27.5. The minimum Gasteiger partial charge on any atom is -0.442 e. The summed E-state index contributed by atoms with van der Waals surface area (Å²) in [5.41, 5.74) is 25.8. The SMILES string of the molecule is Cc1ccc(-c2cc(N)n[nH]2)cc1.Cc1ccc(-c2cc(N)nn2C(=O)OC(C)(C)C)cc1.Cc1ccc(-c2cc(NC(=O)C(=O)Nc3cc(-c4ccc(C)cc4)n(C(=O)OC(C)(C)C)n3)nn2C(=O)OC(C)(C)C)cc1.Cc1ccc(-c2cc(NCCNc3cc(-c4ccc(C)cc4)[nH]n3)n[nH]2)cc1.Cl.Cl. The van der Waals surface area contributed by atoms with E-state index >= 15 is 0 Å². The van der Waals surface area contributed by atoms with Gasteiger partial charge in [0, 0.05) is 66.2 Å². The van der Waals surface area contributed by atoms with Crippen molar-refractivity contribution in [3.8, 4) is 67.5 Å². The van der Waals surface area contributed by atoms with E-state index in [1.165, 1.54) is 33.5 Å². The van der Waals surface area contributed by atoms with Crippen LogP contribution in [0.5, 0.6) is 0 Å². The highest BCUT2D eigenvalue weighted by molar-refractivity contribution is 6.43. The van der Waals surface area contributed by atoms with Crippen LogP contribution in [-0.2, 0) is 23.8 Å². The summed E-state index contributed by atoms with van der Waals surface area (Å²) >= 11 is 0. The van der Waals surface area contributed by atoms with Gasteiger partial charge in [-0.25, -0.2) is 14.4 Å². The second-order valence-electron chi connectivity index (χ2n) is 28.0. The van der Waals surface area contributed by atoms with Crippen molar-refractivity contribution in [3.05, 3.63) is 215 Å². The molecule has 0 aliphatic heterocycles. The molecule has 0 fully saturated rings. The number of H-pyrrole nitrogens is 3. The fraction of sp³-hybridized carbons (Fsp3) is 0.253. The maximum atomic E-state index is 12.9. The Morgan fingerprint density at radius 2 is 0.607 bits per heavy atom. The number of halogens is 2. The molecule has 28 heteroatoms. The highest BCUT2D eigenvalue weighted by Gasteiger charge is 2.28. The molecular formula is C79H92Cl2N18O8. The zero-order valence-electron chi connectivity index (χ0n) is 62.5. The van der Waals surface area contributed by atoms with Crippen LogP contribution in [0, 0.1) is 41.5 Å². The molecule has 560 valence electrons. The third-order valence-corrected chi connectivity index (χ3v) is 15.2. The first-order valence-electron chi connectivity index (χ1n) is 33.9. The zero-order valence-corrected chi connectivity index (χ0v) is 64.1. The van der Waals surface area contributed by atoms with Gasteiger partial charge in [0.25, 0.3) is 0 Å². The van der Waals surface area contributed by atoms with Crippen molar-refractivity contribution in [1.82, 2.24) is 59.9 Å². The topological polar surface area (TPSA) is 353 Å². The number of rotatable bonds is 13. The molecule has 107 heavy (non-hydrogen) atoms. The highest BCUT2D eigenvalue weighted by atomic mass is 35.5. The maximum Gasteiger partial charge on any atom is 0.435 e. The minimum atomic E-state index is -1.07. The molecule has 0 radical (unpaired) electrons. The number of hydrogen-bond acceptors (Lipinski definition) is 18. The van der Waals surface area contributed by atoms with E-state index in [1.54, 1.807) is 71.9 Å². The molecule has 0 saturated carbocycles. The number of carbonyl (C=O) groups excluding carboxylic acids is 5. The number of benzene rings is 6. The standard InChI is InChI=1S/C32H36N6O6.C22H24N6.C15H19N3O2.C10H11N3.2ClH/c1-19-9-13-21(14-10-19)23-17-25(35-37(23)29(41)43-31(3,4)5)33-27(39)28(40)34-26-18-24(22-15-11-20(2)12-16-22)38(36-26)30(42)44-32(6,7)8;1-15-3-7-17(8-4-15)19-13-21(27-25-19)23-11-12-24-22-14-20(26-28-22)18-9-5-16(2)6-10-18;1-10-5-7-11(8-6-10)12-9-13(16)17-18(12)14(19)20-15(2,3)4;1-7-2-4-8(5-3-7)9-6-10(11)13-12-9;;/h9-18H,1-8H3,(H,33,35,39)(H,34,36,40);3-10,13-14H,11-12H2,1-2H3,(H2,23,25,27)(H2,24,26,28);5-9H,1-4H3,(H2,16,17);2-6H,1H3,(H3,11,12,13);2*1H. The summed E-state index contributed by atoms with van der Waals surface area (Å²) in [6.07, 6.45) is -2.05. The molecule has 0 bridgehead atoms. The van der Waals surface area contributed by atoms with Crippen molar-refractivity contribution in [2.75, 3.05) is 45.8 Å². The Bertz CT molecular complexity index is 4730. The predicted molar refractivity (Wildman–Crippen MR) is 426 cm³/mol. The minimum absolute atomic E-state index is 0. The van der Waals surface area contributed by atoms with Crippen molar-refractivity contribution in [3.63, 3.8) is 0 Å². The molecule has 6 aromatic carbocycles. The molecule has 0 aliphatic carbocycles. The number of nitrogens with one attached hydrogen (secondary N) is 7. The molecule has 6 aromatic heterocycles. The molecule has 12 aromatic rings. The lowest BCUT2D eigenvalue weighted by atomic mass is 10.1. The van der Waals surface area contributed by atoms with Gasteiger partial charge < -0.3 is 46.9 Å². The van der Waals surface area contributed by atoms with Crippen LogP contribution in [0.1, 0.15) is 95.7 Å². The van der Waals surface area contributed by atoms with Gasteiger partial charge in [0.15, 0.2) is 11.6 Å². The summed E-state index contributed by atoms with van der Waals surface area (Å²) < 4.78 is 19.5. The van der Waals surface area contributed by atoms with Crippen LogP contribution in [0.2, 0.25) is 0 Å². The lowest BCUT2D eigenvalue weighted by Crippen LogP contribution is -2.30. The third-order valence-electron chi connectivity index (χ3n) is 15.2. The molecule has 0 spiro atoms. The quantitative estimate of drug-likeness (QED) is 0.0294. The van der Waals surface area contributed by atoms with Crippen molar-refractivity contribution in [1.29, 1.82) is 0 Å². The van der Waals surface area contributed by atoms with E-state index in [9.17, 15) is 24.0 Å². The van der Waals surface area contributed by atoms with Gasteiger partial charge in [0.2, 0.25) is 0 Å². The summed E-state index contributed by atoms with van der Waals surface area (Å²) in [6, 6.07) is 57.9. The van der Waals surface area contributed by atoms with Crippen LogP contribution in [0.3, 0.4) is 0 Å². The average Bonchev–Trinajstić information content (AvgIpc) is 1.68. The second-order valence-corrected chi connectivity index (χ2v) is 28.0. The molecule has 0 unspecified atom stereocenters. The normalized spacial score (nSPS) is 10.9. The number of hydrogen-bond donors (Lipinski definition) is 9. The first kappa shape index (κ1) is 82.0. The number of nitrogens with zero attached hydrogens (tertiary/aromatic N) is 9. The number of aromatic amines is 3. The number of anilines is 6. The van der Waals surface area contributed by atoms with Gasteiger partial charge in [-0.2, -0.15) is 29.3 Å². The summed E-state index contributed by atoms with van der Waals surface area (Å²) in [5.74, 6) is 0.231. The number of ether oxygens (including phenoxy) is 3. The summed E-state index contributed by atoms with van der Waals surface area (Å²) in [6.45, 7) is 29.3. The van der Waals surface area contributed by atoms with Crippen molar-refractivity contribution >= 4 is 89.8 Å². The van der Waals surface area contributed by atoms with Gasteiger partial charge in [0.1, 0.15) is 40.1 Å². The van der Waals surface area contributed by atoms with Crippen molar-refractivity contribution in [2.45, 2.75) is 121 Å². The summed E-state index contributed by atoms with van der Waals surface area (Å²) in [4.78, 5) is 63.9. The second kappa shape index (κ2) is 35.9. The average molecular weight is 1490 g/mol. The highest BCUT2D eigenvalue weighted by Crippen LogP contribution is 2.30. The Hall–Kier alpha value is -12.3. The largest absolute Gasteiger partial charge is 0.442 e. The smallest absolute Gasteiger partial charge is 0.435 e. The molecule has 11 N–H and O–H groups in total. The Labute approximate surface area is 634 Å². The number of nitrogen functional groups attached to an aromatic ring is 2. The van der Waals surface area contributed by atoms with Gasteiger partial charge >= 0.3 is 30.1 Å². The van der Waals surface area contributed by atoms with Gasteiger partial charge in [-0.1, -0.05) is 179 Å². The molecule has 6 heterocycles. The summed E-state index contributed by atoms with van der Waals surface area (Å²) in [5, 5.41) is 45.4. The Morgan fingerprint density at radius 3 is 0.888 bits per heavy atom. The lowest BCUT2D eigenvalue weighted by Gasteiger charge is -2.19. The van der Waals surface area contributed by atoms with E-state index in [0.29, 0.717) is 34.0 Å². The van der Waals surface area contributed by atoms with Crippen molar-refractivity contribution in [2.24, 2.45) is 0 Å². The molecule has 0 aliphatic rings. The van der Waals surface area contributed by atoms with Crippen LogP contribution in [0.4, 0.5) is 49.3 Å². The first-order chi connectivity index (χ1) is 49.7. The van der Waals surface area contributed by atoms with Crippen LogP contribution in [-0.4, -0.2) is 120 Å². The van der Waals surface area contributed by atoms with Crippen LogP contribution in [0.25, 0.3) is 67.5 Å². The molecule has 26 nitrogen and oxygen atoms in total. The van der Waals surface area contributed by atoms with E-state index in [2.05, 4.69) is 149 Å². The summed E-state index contributed by atoms with van der Waals surface area (Å²) in [7, 11) is 0. The molecule has 0 atom stereocenters. The fourth-order valence-corrected chi connectivity index (χ4v) is 9.94. The fourth-order valence-electron chi connectivity index (χ4n) is 9.94. The monoisotopic (exact) mass is 1490 g/mol. The van der Waals surface area contributed by atoms with E-state index in [-0.39, 0.29) is 42.3 Å². The van der Waals surface area contributed by atoms with Crippen molar-refractivity contribution < 1.29 is 38.2 Å². The molecule has 0 saturated heterocycles. The number of amides is 2. The van der Waals surface area contributed by atoms with Crippen LogP contribution >= 0.6 is 24.8 Å². The lowest BCUT2D eigenvalue weighted by molar-refractivity contribution is -0.133. The van der Waals surface area contributed by atoms with Gasteiger partial charge in [-0.3, -0.25) is 24.9 Å².